The zero-order valence-electron chi connectivity index (χ0n) is 23.6. The van der Waals surface area contributed by atoms with Gasteiger partial charge in [0.2, 0.25) is 0 Å². The predicted molar refractivity (Wildman–Crippen MR) is 167 cm³/mol. The normalized spacial score (nSPS) is 21.9. The van der Waals surface area contributed by atoms with E-state index in [1.807, 2.05) is 39.4 Å². The van der Waals surface area contributed by atoms with E-state index in [1.54, 1.807) is 6.07 Å². The number of fused-ring (bicyclic) bond motifs is 1. The minimum absolute atomic E-state index is 0.0430. The number of hydrogen-bond donors (Lipinski definition) is 0. The molecule has 2 saturated heterocycles. The maximum atomic E-state index is 15.4. The van der Waals surface area contributed by atoms with E-state index in [2.05, 4.69) is 65.6 Å². The maximum absolute atomic E-state index is 15.4. The minimum atomic E-state index is -0.284. The number of hydrogen-bond acceptors (Lipinski definition) is 5. The molecule has 216 valence electrons. The number of amides is 1. The van der Waals surface area contributed by atoms with Gasteiger partial charge in [-0.3, -0.25) is 4.79 Å². The van der Waals surface area contributed by atoms with Crippen LogP contribution < -0.4 is 9.80 Å². The summed E-state index contributed by atoms with van der Waals surface area (Å²) < 4.78 is 20.8. The van der Waals surface area contributed by atoms with E-state index in [1.165, 1.54) is 22.5 Å². The van der Waals surface area contributed by atoms with Crippen molar-refractivity contribution in [3.63, 3.8) is 0 Å². The van der Waals surface area contributed by atoms with Gasteiger partial charge in [-0.1, -0.05) is 66.7 Å². The summed E-state index contributed by atoms with van der Waals surface area (Å²) in [5, 5.41) is 1.92. The highest BCUT2D eigenvalue weighted by Gasteiger charge is 2.56. The van der Waals surface area contributed by atoms with Crippen LogP contribution in [0.5, 0.6) is 0 Å². The molecule has 3 aliphatic rings. The Morgan fingerprint density at radius 1 is 0.905 bits per heavy atom. The Bertz CT molecular complexity index is 1440. The van der Waals surface area contributed by atoms with Gasteiger partial charge in [0.15, 0.2) is 0 Å². The topological polar surface area (TPSA) is 36.0 Å². The molecule has 0 N–H and O–H groups in total. The van der Waals surface area contributed by atoms with Crippen molar-refractivity contribution in [1.29, 1.82) is 0 Å². The van der Waals surface area contributed by atoms with E-state index in [4.69, 9.17) is 4.74 Å². The molecular weight excluding hydrogens is 545 g/mol. The lowest BCUT2D eigenvalue weighted by Crippen LogP contribution is -2.37. The van der Waals surface area contributed by atoms with Gasteiger partial charge in [0.1, 0.15) is 5.82 Å². The molecule has 3 fully saturated rings. The van der Waals surface area contributed by atoms with Crippen molar-refractivity contribution < 1.29 is 13.9 Å². The predicted octanol–water partition coefficient (Wildman–Crippen LogP) is 6.38. The molecule has 1 aromatic heterocycles. The number of benzene rings is 3. The van der Waals surface area contributed by atoms with E-state index in [9.17, 15) is 4.79 Å². The monoisotopic (exact) mass is 581 g/mol. The van der Waals surface area contributed by atoms with Crippen LogP contribution in [-0.2, 0) is 4.74 Å². The highest BCUT2D eigenvalue weighted by molar-refractivity contribution is 7.12. The molecule has 3 aromatic carbocycles. The van der Waals surface area contributed by atoms with Crippen LogP contribution in [-0.4, -0.2) is 63.3 Å². The third-order valence-electron chi connectivity index (χ3n) is 9.26. The van der Waals surface area contributed by atoms with Gasteiger partial charge in [-0.05, 0) is 58.5 Å². The first-order chi connectivity index (χ1) is 20.7. The van der Waals surface area contributed by atoms with Crippen LogP contribution >= 0.6 is 11.3 Å². The fourth-order valence-corrected chi connectivity index (χ4v) is 7.63. The van der Waals surface area contributed by atoms with Gasteiger partial charge in [-0.25, -0.2) is 4.39 Å². The molecule has 42 heavy (non-hydrogen) atoms. The fraction of sp³-hybridized carbons (Fsp3) is 0.343. The van der Waals surface area contributed by atoms with E-state index in [0.29, 0.717) is 72.8 Å². The van der Waals surface area contributed by atoms with Crippen LogP contribution in [0, 0.1) is 23.6 Å². The first-order valence-corrected chi connectivity index (χ1v) is 15.8. The van der Waals surface area contributed by atoms with Crippen LogP contribution in [0.3, 0.4) is 0 Å². The second-order valence-electron chi connectivity index (χ2n) is 11.7. The SMILES string of the molecule is O=C(c1cccs1)N(CC1C2CN(CC(c3ccccc3)c3ccccc3)CC21)c1ccc(N2CCOCC2)c(F)c1. The lowest BCUT2D eigenvalue weighted by molar-refractivity contribution is 0.0988. The highest BCUT2D eigenvalue weighted by atomic mass is 32.1. The van der Waals surface area contributed by atoms with Gasteiger partial charge in [0.25, 0.3) is 5.91 Å². The zero-order valence-corrected chi connectivity index (χ0v) is 24.5. The molecule has 2 unspecified atom stereocenters. The summed E-state index contributed by atoms with van der Waals surface area (Å²) in [7, 11) is 0. The van der Waals surface area contributed by atoms with Crippen molar-refractivity contribution in [3.8, 4) is 0 Å². The van der Waals surface area contributed by atoms with Gasteiger partial charge in [0.05, 0.1) is 23.8 Å². The summed E-state index contributed by atoms with van der Waals surface area (Å²) >= 11 is 1.44. The molecule has 7 heteroatoms. The number of carbonyl (C=O) groups is 1. The Morgan fingerprint density at radius 2 is 1.57 bits per heavy atom. The average molecular weight is 582 g/mol. The Balaban J connectivity index is 1.06. The van der Waals surface area contributed by atoms with Crippen molar-refractivity contribution in [1.82, 2.24) is 4.90 Å². The second kappa shape index (κ2) is 12.0. The molecule has 4 aromatic rings. The van der Waals surface area contributed by atoms with Crippen molar-refractivity contribution in [2.45, 2.75) is 5.92 Å². The molecule has 2 aliphatic heterocycles. The molecule has 2 atom stereocenters. The zero-order chi connectivity index (χ0) is 28.5. The van der Waals surface area contributed by atoms with Crippen molar-refractivity contribution in [3.05, 3.63) is 118 Å². The summed E-state index contributed by atoms with van der Waals surface area (Å²) in [6.07, 6.45) is 0. The third-order valence-corrected chi connectivity index (χ3v) is 10.1. The number of likely N-dealkylation sites (tertiary alicyclic amines) is 1. The molecule has 1 amide bonds. The maximum Gasteiger partial charge on any atom is 0.268 e. The summed E-state index contributed by atoms with van der Waals surface area (Å²) in [5.41, 5.74) is 3.90. The number of thiophene rings is 1. The summed E-state index contributed by atoms with van der Waals surface area (Å²) in [4.78, 5) is 20.8. The van der Waals surface area contributed by atoms with Crippen LogP contribution in [0.1, 0.15) is 26.7 Å². The Morgan fingerprint density at radius 3 is 2.17 bits per heavy atom. The number of morpholine rings is 1. The average Bonchev–Trinajstić information content (AvgIpc) is 3.40. The Labute approximate surface area is 251 Å². The fourth-order valence-electron chi connectivity index (χ4n) is 6.96. The van der Waals surface area contributed by atoms with E-state index >= 15 is 4.39 Å². The van der Waals surface area contributed by atoms with Gasteiger partial charge in [0, 0.05) is 50.9 Å². The minimum Gasteiger partial charge on any atom is -0.378 e. The number of halogens is 1. The van der Waals surface area contributed by atoms with E-state index in [0.717, 1.165) is 19.6 Å². The van der Waals surface area contributed by atoms with Gasteiger partial charge in [-0.15, -0.1) is 11.3 Å². The number of ether oxygens (including phenoxy) is 1. The lowest BCUT2D eigenvalue weighted by Gasteiger charge is -2.30. The molecule has 1 aliphatic carbocycles. The summed E-state index contributed by atoms with van der Waals surface area (Å²) in [6, 6.07) is 30.6. The molecule has 0 spiro atoms. The molecular formula is C35H36FN3O2S. The largest absolute Gasteiger partial charge is 0.378 e. The molecule has 0 radical (unpaired) electrons. The van der Waals surface area contributed by atoms with Gasteiger partial charge < -0.3 is 19.4 Å². The second-order valence-corrected chi connectivity index (χ2v) is 12.7. The van der Waals surface area contributed by atoms with Crippen LogP contribution in [0.2, 0.25) is 0 Å². The number of carbonyl (C=O) groups excluding carboxylic acids is 1. The van der Waals surface area contributed by atoms with Crippen molar-refractivity contribution >= 4 is 28.6 Å². The standard InChI is InChI=1S/C35H36FN3O2S/c36-32-20-27(13-14-33(32)38-15-17-41-18-16-38)39(35(40)34-12-7-19-42-34)24-31-29-22-37(23-30(29)31)21-28(25-8-3-1-4-9-25)26-10-5-2-6-11-26/h1-14,19-20,28-31H,15-18,21-24H2. The Kier molecular flexibility index (Phi) is 7.80. The summed E-state index contributed by atoms with van der Waals surface area (Å²) in [6.45, 7) is 6.23. The smallest absolute Gasteiger partial charge is 0.268 e. The number of anilines is 2. The quantitative estimate of drug-likeness (QED) is 0.230. The van der Waals surface area contributed by atoms with E-state index < -0.39 is 0 Å². The van der Waals surface area contributed by atoms with Crippen LogP contribution in [0.25, 0.3) is 0 Å². The van der Waals surface area contributed by atoms with Crippen molar-refractivity contribution in [2.24, 2.45) is 17.8 Å². The van der Waals surface area contributed by atoms with Crippen LogP contribution in [0.4, 0.5) is 15.8 Å². The van der Waals surface area contributed by atoms with Gasteiger partial charge >= 0.3 is 0 Å². The molecule has 7 rings (SSSR count). The first-order valence-electron chi connectivity index (χ1n) is 15.0. The van der Waals surface area contributed by atoms with E-state index in [-0.39, 0.29) is 11.7 Å². The third kappa shape index (κ3) is 5.61. The lowest BCUT2D eigenvalue weighted by atomic mass is 9.91. The highest BCUT2D eigenvalue weighted by Crippen LogP contribution is 2.53. The Hall–Kier alpha value is -3.52. The molecule has 3 heterocycles. The first kappa shape index (κ1) is 27.3. The number of rotatable bonds is 9. The number of nitrogens with zero attached hydrogens (tertiary/aromatic N) is 3. The van der Waals surface area contributed by atoms with Crippen molar-refractivity contribution in [2.75, 3.05) is 62.3 Å². The van der Waals surface area contributed by atoms with Crippen LogP contribution in [0.15, 0.2) is 96.4 Å². The molecule has 0 bridgehead atoms. The summed E-state index contributed by atoms with van der Waals surface area (Å²) in [5.74, 6) is 1.56. The molecule has 1 saturated carbocycles. The molecule has 5 nitrogen and oxygen atoms in total. The number of piperidine rings is 1. The van der Waals surface area contributed by atoms with Gasteiger partial charge in [-0.2, -0.15) is 0 Å².